The monoisotopic (exact) mass is 330 g/mol. The molecule has 1 aromatic carbocycles. The van der Waals surface area contributed by atoms with Crippen LogP contribution in [0.15, 0.2) is 29.2 Å². The van der Waals surface area contributed by atoms with Crippen LogP contribution in [0.4, 0.5) is 19.3 Å². The molecule has 2 amide bonds. The van der Waals surface area contributed by atoms with Gasteiger partial charge in [-0.3, -0.25) is 0 Å². The van der Waals surface area contributed by atoms with Crippen molar-refractivity contribution in [2.45, 2.75) is 36.5 Å². The van der Waals surface area contributed by atoms with E-state index in [-0.39, 0.29) is 18.1 Å². The molecule has 122 valence electrons. The number of alkyl halides is 2. The zero-order valence-corrected chi connectivity index (χ0v) is 13.2. The Morgan fingerprint density at radius 1 is 1.41 bits per heavy atom. The summed E-state index contributed by atoms with van der Waals surface area (Å²) in [5, 5.41) is 12.3. The number of aliphatic hydroxyl groups excluding tert-OH is 1. The highest BCUT2D eigenvalue weighted by molar-refractivity contribution is 7.99. The summed E-state index contributed by atoms with van der Waals surface area (Å²) in [5.74, 6) is -2.25. The van der Waals surface area contributed by atoms with E-state index in [4.69, 9.17) is 0 Å². The molecule has 1 aliphatic heterocycles. The van der Waals surface area contributed by atoms with Crippen LogP contribution in [0, 0.1) is 5.92 Å². The molecule has 1 aliphatic rings. The molecule has 0 radical (unpaired) electrons. The van der Waals surface area contributed by atoms with Crippen molar-refractivity contribution in [3.8, 4) is 0 Å². The van der Waals surface area contributed by atoms with E-state index in [2.05, 4.69) is 5.32 Å². The molecule has 0 aliphatic carbocycles. The average molecular weight is 330 g/mol. The van der Waals surface area contributed by atoms with Crippen molar-refractivity contribution >= 4 is 23.5 Å². The number of aliphatic hydroxyl groups is 1. The Balaban J connectivity index is 1.90. The second-order valence-corrected chi connectivity index (χ2v) is 6.47. The molecular formula is C15H20F2N2O2S. The van der Waals surface area contributed by atoms with Crippen molar-refractivity contribution in [3.63, 3.8) is 0 Å². The molecule has 0 bridgehead atoms. The predicted molar refractivity (Wildman–Crippen MR) is 83.3 cm³/mol. The van der Waals surface area contributed by atoms with Crippen molar-refractivity contribution in [3.05, 3.63) is 24.3 Å². The number of carbonyl (C=O) groups is 1. The Kier molecular flexibility index (Phi) is 6.02. The number of benzene rings is 1. The van der Waals surface area contributed by atoms with Gasteiger partial charge in [-0.05, 0) is 43.9 Å². The number of rotatable bonds is 4. The third kappa shape index (κ3) is 4.84. The molecule has 1 fully saturated rings. The van der Waals surface area contributed by atoms with E-state index in [1.165, 1.54) is 6.07 Å². The fourth-order valence-electron chi connectivity index (χ4n) is 2.54. The van der Waals surface area contributed by atoms with Gasteiger partial charge in [0, 0.05) is 23.7 Å². The van der Waals surface area contributed by atoms with Crippen LogP contribution in [0.3, 0.4) is 0 Å². The molecule has 2 rings (SSSR count). The molecule has 1 unspecified atom stereocenters. The maximum absolute atomic E-state index is 12.4. The number of piperidine rings is 1. The molecule has 0 saturated carbocycles. The fraction of sp³-hybridized carbons (Fsp3) is 0.533. The number of hydrogen-bond donors (Lipinski definition) is 2. The van der Waals surface area contributed by atoms with Crippen LogP contribution >= 0.6 is 11.8 Å². The Labute approximate surface area is 132 Å². The Morgan fingerprint density at radius 2 is 2.09 bits per heavy atom. The number of hydrogen-bond acceptors (Lipinski definition) is 3. The standard InChI is InChI=1S/C15H20F2N2O2S/c1-10(20)11-5-7-19(8-6-11)15(21)18-12-3-2-4-13(9-12)22-14(16)17/h2-4,9-11,14,20H,5-8H2,1H3,(H,18,21). The lowest BCUT2D eigenvalue weighted by molar-refractivity contribution is 0.0820. The molecule has 2 N–H and O–H groups in total. The summed E-state index contributed by atoms with van der Waals surface area (Å²) in [6.45, 7) is 2.95. The first-order valence-corrected chi connectivity index (χ1v) is 8.12. The summed E-state index contributed by atoms with van der Waals surface area (Å²) in [5.41, 5.74) is 0.508. The number of halogens is 2. The van der Waals surface area contributed by atoms with Gasteiger partial charge in [0.05, 0.1) is 6.10 Å². The van der Waals surface area contributed by atoms with Gasteiger partial charge in [-0.1, -0.05) is 17.8 Å². The lowest BCUT2D eigenvalue weighted by atomic mass is 9.92. The smallest absolute Gasteiger partial charge is 0.321 e. The van der Waals surface area contributed by atoms with Crippen LogP contribution in [-0.2, 0) is 0 Å². The number of amides is 2. The third-order valence-electron chi connectivity index (χ3n) is 3.82. The molecule has 0 spiro atoms. The largest absolute Gasteiger partial charge is 0.393 e. The van der Waals surface area contributed by atoms with Crippen LogP contribution in [-0.4, -0.2) is 41.0 Å². The Bertz CT molecular complexity index is 506. The first-order valence-electron chi connectivity index (χ1n) is 7.24. The van der Waals surface area contributed by atoms with Crippen LogP contribution < -0.4 is 5.32 Å². The maximum atomic E-state index is 12.4. The molecular weight excluding hydrogens is 310 g/mol. The highest BCUT2D eigenvalue weighted by atomic mass is 32.2. The van der Waals surface area contributed by atoms with Crippen LogP contribution in [0.25, 0.3) is 0 Å². The predicted octanol–water partition coefficient (Wildman–Crippen LogP) is 3.63. The number of anilines is 1. The van der Waals surface area contributed by atoms with E-state index < -0.39 is 5.76 Å². The number of nitrogens with one attached hydrogen (secondary N) is 1. The quantitative estimate of drug-likeness (QED) is 0.829. The molecule has 0 aromatic heterocycles. The zero-order valence-electron chi connectivity index (χ0n) is 12.3. The topological polar surface area (TPSA) is 52.6 Å². The van der Waals surface area contributed by atoms with Gasteiger partial charge in [-0.15, -0.1) is 0 Å². The van der Waals surface area contributed by atoms with E-state index in [0.717, 1.165) is 12.8 Å². The summed E-state index contributed by atoms with van der Waals surface area (Å²) >= 11 is 0.453. The van der Waals surface area contributed by atoms with Crippen molar-refractivity contribution in [1.82, 2.24) is 4.90 Å². The van der Waals surface area contributed by atoms with Crippen molar-refractivity contribution in [2.24, 2.45) is 5.92 Å². The van der Waals surface area contributed by atoms with E-state index in [1.54, 1.807) is 30.0 Å². The summed E-state index contributed by atoms with van der Waals surface area (Å²) < 4.78 is 24.7. The number of urea groups is 1. The minimum Gasteiger partial charge on any atom is -0.393 e. The van der Waals surface area contributed by atoms with E-state index in [1.807, 2.05) is 0 Å². The number of thioether (sulfide) groups is 1. The molecule has 7 heteroatoms. The summed E-state index contributed by atoms with van der Waals surface area (Å²) in [6, 6.07) is 6.21. The Hall–Kier alpha value is -1.34. The minimum absolute atomic E-state index is 0.231. The van der Waals surface area contributed by atoms with Crippen LogP contribution in [0.5, 0.6) is 0 Å². The van der Waals surface area contributed by atoms with E-state index in [9.17, 15) is 18.7 Å². The van der Waals surface area contributed by atoms with Gasteiger partial charge in [0.1, 0.15) is 0 Å². The number of nitrogens with zero attached hydrogens (tertiary/aromatic N) is 1. The van der Waals surface area contributed by atoms with Gasteiger partial charge in [0.15, 0.2) is 0 Å². The van der Waals surface area contributed by atoms with Crippen molar-refractivity contribution in [2.75, 3.05) is 18.4 Å². The summed E-state index contributed by atoms with van der Waals surface area (Å²) in [7, 11) is 0. The summed E-state index contributed by atoms with van der Waals surface area (Å²) in [4.78, 5) is 14.3. The number of likely N-dealkylation sites (tertiary alicyclic amines) is 1. The molecule has 4 nitrogen and oxygen atoms in total. The van der Waals surface area contributed by atoms with Gasteiger partial charge in [0.2, 0.25) is 0 Å². The van der Waals surface area contributed by atoms with Gasteiger partial charge in [0.25, 0.3) is 5.76 Å². The van der Waals surface area contributed by atoms with Gasteiger partial charge >= 0.3 is 6.03 Å². The second kappa shape index (κ2) is 7.78. The van der Waals surface area contributed by atoms with E-state index in [0.29, 0.717) is 35.4 Å². The summed E-state index contributed by atoms with van der Waals surface area (Å²) in [6.07, 6.45) is 1.19. The Morgan fingerprint density at radius 3 is 2.68 bits per heavy atom. The highest BCUT2D eigenvalue weighted by Gasteiger charge is 2.25. The van der Waals surface area contributed by atoms with Gasteiger partial charge in [-0.2, -0.15) is 8.78 Å². The molecule has 1 heterocycles. The molecule has 1 saturated heterocycles. The van der Waals surface area contributed by atoms with Crippen LogP contribution in [0.1, 0.15) is 19.8 Å². The van der Waals surface area contributed by atoms with Gasteiger partial charge in [-0.25, -0.2) is 4.79 Å². The van der Waals surface area contributed by atoms with Crippen molar-refractivity contribution in [1.29, 1.82) is 0 Å². The van der Waals surface area contributed by atoms with E-state index >= 15 is 0 Å². The second-order valence-electron chi connectivity index (χ2n) is 5.40. The normalized spacial score (nSPS) is 17.6. The average Bonchev–Trinajstić information content (AvgIpc) is 2.47. The maximum Gasteiger partial charge on any atom is 0.321 e. The lowest BCUT2D eigenvalue weighted by Gasteiger charge is -2.33. The molecule has 1 atom stereocenters. The fourth-order valence-corrected chi connectivity index (χ4v) is 3.10. The van der Waals surface area contributed by atoms with Crippen LogP contribution in [0.2, 0.25) is 0 Å². The third-order valence-corrected chi connectivity index (χ3v) is 4.52. The zero-order chi connectivity index (χ0) is 16.1. The number of carbonyl (C=O) groups excluding carboxylic acids is 1. The first-order chi connectivity index (χ1) is 10.5. The molecule has 22 heavy (non-hydrogen) atoms. The van der Waals surface area contributed by atoms with Crippen molar-refractivity contribution < 1.29 is 18.7 Å². The van der Waals surface area contributed by atoms with Gasteiger partial charge < -0.3 is 15.3 Å². The lowest BCUT2D eigenvalue weighted by Crippen LogP contribution is -2.42. The minimum atomic E-state index is -2.48. The SMILES string of the molecule is CC(O)C1CCN(C(=O)Nc2cccc(SC(F)F)c2)CC1. The first kappa shape index (κ1) is 17.0. The molecule has 1 aromatic rings. The highest BCUT2D eigenvalue weighted by Crippen LogP contribution is 2.27.